The van der Waals surface area contributed by atoms with Gasteiger partial charge in [-0.05, 0) is 42.0 Å². The van der Waals surface area contributed by atoms with Crippen molar-refractivity contribution >= 4 is 40.9 Å². The summed E-state index contributed by atoms with van der Waals surface area (Å²) in [6.07, 6.45) is 0. The summed E-state index contributed by atoms with van der Waals surface area (Å²) in [4.78, 5) is 29.9. The van der Waals surface area contributed by atoms with E-state index < -0.39 is 4.87 Å². The highest BCUT2D eigenvalue weighted by atomic mass is 35.5. The minimum Gasteiger partial charge on any atom is -0.497 e. The van der Waals surface area contributed by atoms with Crippen LogP contribution in [-0.4, -0.2) is 36.1 Å². The molecule has 3 aromatic rings. The number of benzene rings is 3. The number of amides is 2. The van der Waals surface area contributed by atoms with E-state index in [4.69, 9.17) is 16.3 Å². The average Bonchev–Trinajstić information content (AvgIpc) is 3.37. The van der Waals surface area contributed by atoms with Gasteiger partial charge in [0.05, 0.1) is 19.3 Å². The molecule has 0 aliphatic carbocycles. The van der Waals surface area contributed by atoms with Gasteiger partial charge < -0.3 is 14.5 Å². The third-order valence-electron chi connectivity index (χ3n) is 5.95. The number of rotatable bonds is 4. The first-order valence-corrected chi connectivity index (χ1v) is 11.7. The predicted octanol–water partition coefficient (Wildman–Crippen LogP) is 4.94. The molecule has 0 saturated carbocycles. The smallest absolute Gasteiger partial charge is 0.268 e. The van der Waals surface area contributed by atoms with Crippen molar-refractivity contribution in [3.63, 3.8) is 0 Å². The number of fused-ring (bicyclic) bond motifs is 2. The average molecular weight is 465 g/mol. The first-order chi connectivity index (χ1) is 15.6. The summed E-state index contributed by atoms with van der Waals surface area (Å²) in [5, 5.41) is 0.604. The lowest BCUT2D eigenvalue weighted by molar-refractivity contribution is -0.123. The highest BCUT2D eigenvalue weighted by molar-refractivity contribution is 8.01. The van der Waals surface area contributed by atoms with Gasteiger partial charge in [-0.3, -0.25) is 9.59 Å². The Morgan fingerprint density at radius 3 is 2.59 bits per heavy atom. The van der Waals surface area contributed by atoms with Crippen LogP contribution >= 0.6 is 23.4 Å². The zero-order chi connectivity index (χ0) is 22.3. The Morgan fingerprint density at radius 2 is 1.84 bits per heavy atom. The van der Waals surface area contributed by atoms with Crippen LogP contribution in [0.15, 0.2) is 72.8 Å². The Hall–Kier alpha value is -2.96. The Kier molecular flexibility index (Phi) is 5.35. The lowest BCUT2D eigenvalue weighted by atomic mass is 10.0. The van der Waals surface area contributed by atoms with Gasteiger partial charge >= 0.3 is 0 Å². The van der Waals surface area contributed by atoms with Gasteiger partial charge in [0, 0.05) is 28.4 Å². The van der Waals surface area contributed by atoms with Gasteiger partial charge in [-0.2, -0.15) is 0 Å². The fourth-order valence-corrected chi connectivity index (χ4v) is 6.06. The molecule has 2 aliphatic rings. The quantitative estimate of drug-likeness (QED) is 0.549. The SMILES string of the molecule is COc1ccc2c(c1)[C@]1(SCCN1C(=O)c1ccccc1)C(=O)N2Cc1ccccc1Cl. The van der Waals surface area contributed by atoms with Crippen molar-refractivity contribution in [3.05, 3.63) is 94.5 Å². The summed E-state index contributed by atoms with van der Waals surface area (Å²) in [7, 11) is 1.60. The first kappa shape index (κ1) is 20.9. The van der Waals surface area contributed by atoms with E-state index in [2.05, 4.69) is 0 Å². The van der Waals surface area contributed by atoms with E-state index in [-0.39, 0.29) is 11.8 Å². The topological polar surface area (TPSA) is 49.9 Å². The largest absolute Gasteiger partial charge is 0.497 e. The molecule has 1 atom stereocenters. The van der Waals surface area contributed by atoms with E-state index in [0.717, 1.165) is 16.8 Å². The van der Waals surface area contributed by atoms with E-state index in [9.17, 15) is 9.59 Å². The van der Waals surface area contributed by atoms with Gasteiger partial charge in [-0.1, -0.05) is 48.0 Å². The summed E-state index contributed by atoms with van der Waals surface area (Å²) in [6, 6.07) is 22.2. The number of methoxy groups -OCH3 is 1. The lowest BCUT2D eigenvalue weighted by Crippen LogP contribution is -2.50. The second-order valence-electron chi connectivity index (χ2n) is 7.68. The van der Waals surface area contributed by atoms with Crippen LogP contribution in [0.5, 0.6) is 5.75 Å². The Balaban J connectivity index is 1.63. The maximum atomic E-state index is 14.1. The second-order valence-corrected chi connectivity index (χ2v) is 9.38. The molecule has 1 fully saturated rings. The molecule has 5 rings (SSSR count). The Bertz CT molecular complexity index is 1200. The molecule has 32 heavy (non-hydrogen) atoms. The molecule has 162 valence electrons. The number of ether oxygens (including phenoxy) is 1. The Morgan fingerprint density at radius 1 is 1.09 bits per heavy atom. The maximum Gasteiger partial charge on any atom is 0.268 e. The lowest BCUT2D eigenvalue weighted by Gasteiger charge is -2.33. The number of hydrogen-bond donors (Lipinski definition) is 0. The number of anilines is 1. The third kappa shape index (κ3) is 3.17. The normalized spacial score (nSPS) is 19.5. The summed E-state index contributed by atoms with van der Waals surface area (Å²) < 4.78 is 5.47. The van der Waals surface area contributed by atoms with Crippen molar-refractivity contribution in [2.45, 2.75) is 11.4 Å². The summed E-state index contributed by atoms with van der Waals surface area (Å²) in [6.45, 7) is 0.814. The molecule has 0 unspecified atom stereocenters. The Labute approximate surface area is 195 Å². The van der Waals surface area contributed by atoms with Crippen molar-refractivity contribution in [2.75, 3.05) is 24.3 Å². The first-order valence-electron chi connectivity index (χ1n) is 10.3. The number of carbonyl (C=O) groups excluding carboxylic acids is 2. The molecule has 2 amide bonds. The van der Waals surface area contributed by atoms with E-state index in [0.29, 0.717) is 35.2 Å². The fourth-order valence-electron chi connectivity index (χ4n) is 4.41. The molecule has 3 aromatic carbocycles. The molecule has 0 N–H and O–H groups in total. The minimum atomic E-state index is -1.13. The number of hydrogen-bond acceptors (Lipinski definition) is 4. The van der Waals surface area contributed by atoms with Crippen molar-refractivity contribution in [2.24, 2.45) is 0 Å². The highest BCUT2D eigenvalue weighted by Crippen LogP contribution is 2.55. The fraction of sp³-hybridized carbons (Fsp3) is 0.200. The number of nitrogens with zero attached hydrogens (tertiary/aromatic N) is 2. The van der Waals surface area contributed by atoms with Crippen LogP contribution in [0, 0.1) is 0 Å². The molecular formula is C25H21ClN2O3S. The van der Waals surface area contributed by atoms with Gasteiger partial charge in [0.1, 0.15) is 5.75 Å². The van der Waals surface area contributed by atoms with Crippen LogP contribution in [-0.2, 0) is 16.2 Å². The molecule has 2 aliphatic heterocycles. The molecule has 1 saturated heterocycles. The summed E-state index contributed by atoms with van der Waals surface area (Å²) in [5.74, 6) is 1.03. The second kappa shape index (κ2) is 8.19. The van der Waals surface area contributed by atoms with Crippen molar-refractivity contribution in [3.8, 4) is 5.75 Å². The van der Waals surface area contributed by atoms with E-state index in [1.807, 2.05) is 60.7 Å². The highest BCUT2D eigenvalue weighted by Gasteiger charge is 2.59. The van der Waals surface area contributed by atoms with Crippen molar-refractivity contribution < 1.29 is 14.3 Å². The molecule has 0 aromatic heterocycles. The molecular weight excluding hydrogens is 444 g/mol. The number of carbonyl (C=O) groups is 2. The van der Waals surface area contributed by atoms with Crippen molar-refractivity contribution in [1.29, 1.82) is 0 Å². The van der Waals surface area contributed by atoms with E-state index in [1.165, 1.54) is 11.8 Å². The monoisotopic (exact) mass is 464 g/mol. The van der Waals surface area contributed by atoms with Crippen LogP contribution in [0.1, 0.15) is 21.5 Å². The maximum absolute atomic E-state index is 14.1. The summed E-state index contributed by atoms with van der Waals surface area (Å²) in [5.41, 5.74) is 2.97. The zero-order valence-corrected chi connectivity index (χ0v) is 19.0. The van der Waals surface area contributed by atoms with Crippen LogP contribution in [0.2, 0.25) is 5.02 Å². The number of thioether (sulfide) groups is 1. The van der Waals surface area contributed by atoms with E-state index >= 15 is 0 Å². The number of halogens is 1. The van der Waals surface area contributed by atoms with E-state index in [1.54, 1.807) is 29.0 Å². The third-order valence-corrected chi connectivity index (χ3v) is 7.74. The summed E-state index contributed by atoms with van der Waals surface area (Å²) >= 11 is 7.91. The zero-order valence-electron chi connectivity index (χ0n) is 17.5. The molecule has 0 bridgehead atoms. The molecule has 2 heterocycles. The minimum absolute atomic E-state index is 0.132. The van der Waals surface area contributed by atoms with Gasteiger partial charge in [-0.15, -0.1) is 11.8 Å². The predicted molar refractivity (Wildman–Crippen MR) is 127 cm³/mol. The van der Waals surface area contributed by atoms with Crippen LogP contribution < -0.4 is 9.64 Å². The van der Waals surface area contributed by atoms with Gasteiger partial charge in [0.25, 0.3) is 11.8 Å². The molecule has 1 spiro atoms. The van der Waals surface area contributed by atoms with Crippen LogP contribution in [0.25, 0.3) is 0 Å². The molecule has 7 heteroatoms. The molecule has 0 radical (unpaired) electrons. The van der Waals surface area contributed by atoms with Gasteiger partial charge in [0.15, 0.2) is 4.87 Å². The standard InChI is InChI=1S/C25H21ClN2O3S/c1-31-19-11-12-22-20(15-19)25(24(30)27(22)16-18-9-5-6-10-21(18)26)28(13-14-32-25)23(29)17-7-3-2-4-8-17/h2-12,15H,13-14,16H2,1H3/t25-/m0/s1. The molecule has 5 nitrogen and oxygen atoms in total. The van der Waals surface area contributed by atoms with Crippen LogP contribution in [0.3, 0.4) is 0 Å². The van der Waals surface area contributed by atoms with Crippen LogP contribution in [0.4, 0.5) is 5.69 Å². The van der Waals surface area contributed by atoms with Crippen molar-refractivity contribution in [1.82, 2.24) is 4.90 Å². The van der Waals surface area contributed by atoms with Gasteiger partial charge in [-0.25, -0.2) is 0 Å². The van der Waals surface area contributed by atoms with Gasteiger partial charge in [0.2, 0.25) is 0 Å².